The van der Waals surface area contributed by atoms with Gasteiger partial charge in [-0.3, -0.25) is 10.5 Å². The Morgan fingerprint density at radius 3 is 2.53 bits per heavy atom. The van der Waals surface area contributed by atoms with Crippen molar-refractivity contribution in [2.75, 3.05) is 25.6 Å². The second kappa shape index (κ2) is 7.02. The molecule has 3 aliphatic rings. The van der Waals surface area contributed by atoms with Crippen LogP contribution < -0.4 is 15.4 Å². The van der Waals surface area contributed by atoms with Crippen molar-refractivity contribution >= 4 is 11.6 Å². The van der Waals surface area contributed by atoms with Crippen LogP contribution in [0.25, 0.3) is 0 Å². The second-order valence-electron chi connectivity index (χ2n) is 9.18. The topological polar surface area (TPSA) is 58.8 Å². The number of hydrogen-bond acceptors (Lipinski definition) is 4. The van der Waals surface area contributed by atoms with Crippen molar-refractivity contribution in [2.24, 2.45) is 5.73 Å². The fraction of sp³-hybridized carbons (Fsp3) is 0.480. The molecule has 1 amide bonds. The third-order valence-corrected chi connectivity index (χ3v) is 7.73. The fourth-order valence-electron chi connectivity index (χ4n) is 6.09. The number of likely N-dealkylation sites (tertiary alicyclic amines) is 1. The van der Waals surface area contributed by atoms with Crippen LogP contribution in [-0.2, 0) is 16.6 Å². The summed E-state index contributed by atoms with van der Waals surface area (Å²) in [6, 6.07) is 16.9. The highest BCUT2D eigenvalue weighted by Gasteiger charge is 2.69. The quantitative estimate of drug-likeness (QED) is 0.846. The molecule has 1 aliphatic carbocycles. The average molecular weight is 406 g/mol. The van der Waals surface area contributed by atoms with Gasteiger partial charge in [0, 0.05) is 31.4 Å². The molecule has 0 radical (unpaired) electrons. The molecule has 158 valence electrons. The number of carbonyl (C=O) groups excluding carboxylic acids is 1. The molecule has 2 N–H and O–H groups in total. The zero-order valence-corrected chi connectivity index (χ0v) is 17.9. The molecule has 1 saturated carbocycles. The van der Waals surface area contributed by atoms with Crippen LogP contribution in [0.3, 0.4) is 0 Å². The molecule has 2 atom stereocenters. The van der Waals surface area contributed by atoms with Gasteiger partial charge in [-0.15, -0.1) is 0 Å². The lowest BCUT2D eigenvalue weighted by Gasteiger charge is -2.39. The van der Waals surface area contributed by atoms with Gasteiger partial charge in [0.2, 0.25) is 0 Å². The van der Waals surface area contributed by atoms with E-state index in [1.54, 1.807) is 7.11 Å². The van der Waals surface area contributed by atoms with Gasteiger partial charge >= 0.3 is 0 Å². The SMILES string of the molecule is COc1ccc2c(c1)N(C)[C@]1(N)C(=O)N(C3CCCCC3)C[C@]21Cc1ccccc1. The van der Waals surface area contributed by atoms with E-state index in [-0.39, 0.29) is 5.91 Å². The summed E-state index contributed by atoms with van der Waals surface area (Å²) in [5.41, 5.74) is 8.96. The van der Waals surface area contributed by atoms with Gasteiger partial charge in [0.25, 0.3) is 5.91 Å². The zero-order valence-electron chi connectivity index (χ0n) is 17.9. The fourth-order valence-corrected chi connectivity index (χ4v) is 6.09. The molecule has 5 nitrogen and oxygen atoms in total. The molecule has 2 aromatic carbocycles. The van der Waals surface area contributed by atoms with Crippen LogP contribution in [0.4, 0.5) is 5.69 Å². The van der Waals surface area contributed by atoms with E-state index < -0.39 is 11.1 Å². The maximum atomic E-state index is 14.0. The van der Waals surface area contributed by atoms with Crippen LogP contribution in [0.2, 0.25) is 0 Å². The molecule has 30 heavy (non-hydrogen) atoms. The predicted octanol–water partition coefficient (Wildman–Crippen LogP) is 3.46. The molecule has 2 aliphatic heterocycles. The van der Waals surface area contributed by atoms with Gasteiger partial charge in [-0.1, -0.05) is 55.7 Å². The Morgan fingerprint density at radius 2 is 1.83 bits per heavy atom. The molecule has 0 aromatic heterocycles. The number of nitrogens with zero attached hydrogens (tertiary/aromatic N) is 2. The van der Waals surface area contributed by atoms with Crippen molar-refractivity contribution in [3.05, 3.63) is 59.7 Å². The van der Waals surface area contributed by atoms with E-state index >= 15 is 0 Å². The summed E-state index contributed by atoms with van der Waals surface area (Å²) in [4.78, 5) is 18.1. The first kappa shape index (κ1) is 19.4. The van der Waals surface area contributed by atoms with Gasteiger partial charge in [-0.05, 0) is 36.5 Å². The molecule has 0 spiro atoms. The molecule has 2 heterocycles. The van der Waals surface area contributed by atoms with Crippen LogP contribution in [0.15, 0.2) is 48.5 Å². The largest absolute Gasteiger partial charge is 0.497 e. The molecule has 0 bridgehead atoms. The number of ether oxygens (including phenoxy) is 1. The monoisotopic (exact) mass is 405 g/mol. The Bertz CT molecular complexity index is 956. The standard InChI is InChI=1S/C25H31N3O2/c1-27-22-15-20(30-2)13-14-21(22)24(16-18-9-5-3-6-10-18)17-28(23(29)25(24,27)26)19-11-7-4-8-12-19/h3,5-6,9-10,13-15,19H,4,7-8,11-12,16-17,26H2,1-2H3/t24-,25-/m1/s1. The zero-order chi connectivity index (χ0) is 20.9. The number of amides is 1. The summed E-state index contributed by atoms with van der Waals surface area (Å²) >= 11 is 0. The lowest BCUT2D eigenvalue weighted by Crippen LogP contribution is -2.66. The van der Waals surface area contributed by atoms with Crippen molar-refractivity contribution in [3.63, 3.8) is 0 Å². The van der Waals surface area contributed by atoms with Gasteiger partial charge in [-0.25, -0.2) is 0 Å². The van der Waals surface area contributed by atoms with Crippen molar-refractivity contribution in [3.8, 4) is 5.75 Å². The molecular weight excluding hydrogens is 374 g/mol. The number of likely N-dealkylation sites (N-methyl/N-ethyl adjacent to an activating group) is 1. The van der Waals surface area contributed by atoms with E-state index in [0.29, 0.717) is 12.6 Å². The first-order valence-electron chi connectivity index (χ1n) is 11.1. The Kier molecular flexibility index (Phi) is 4.55. The Balaban J connectivity index is 1.65. The van der Waals surface area contributed by atoms with E-state index in [4.69, 9.17) is 10.5 Å². The van der Waals surface area contributed by atoms with Crippen molar-refractivity contribution in [2.45, 2.75) is 55.6 Å². The minimum Gasteiger partial charge on any atom is -0.497 e. The summed E-state index contributed by atoms with van der Waals surface area (Å²) in [7, 11) is 3.64. The van der Waals surface area contributed by atoms with Crippen molar-refractivity contribution < 1.29 is 9.53 Å². The summed E-state index contributed by atoms with van der Waals surface area (Å²) in [5, 5.41) is 0. The van der Waals surface area contributed by atoms with Crippen molar-refractivity contribution in [1.82, 2.24) is 4.90 Å². The molecule has 0 unspecified atom stereocenters. The number of nitrogens with two attached hydrogens (primary N) is 1. The first-order chi connectivity index (χ1) is 14.5. The van der Waals surface area contributed by atoms with Gasteiger partial charge in [0.05, 0.1) is 12.5 Å². The Hall–Kier alpha value is -2.53. The third-order valence-electron chi connectivity index (χ3n) is 7.73. The van der Waals surface area contributed by atoms with Gasteiger partial charge in [0.15, 0.2) is 5.66 Å². The van der Waals surface area contributed by atoms with E-state index in [2.05, 4.69) is 35.2 Å². The van der Waals surface area contributed by atoms with E-state index in [0.717, 1.165) is 36.3 Å². The van der Waals surface area contributed by atoms with E-state index in [9.17, 15) is 4.79 Å². The highest BCUT2D eigenvalue weighted by molar-refractivity contribution is 5.98. The Labute approximate surface area is 178 Å². The molecule has 1 saturated heterocycles. The molecule has 2 fully saturated rings. The maximum Gasteiger partial charge on any atom is 0.264 e. The van der Waals surface area contributed by atoms with Gasteiger partial charge < -0.3 is 14.5 Å². The summed E-state index contributed by atoms with van der Waals surface area (Å²) < 4.78 is 5.47. The lowest BCUT2D eigenvalue weighted by molar-refractivity contribution is -0.134. The number of benzene rings is 2. The van der Waals surface area contributed by atoms with Gasteiger partial charge in [-0.2, -0.15) is 0 Å². The van der Waals surface area contributed by atoms with Crippen LogP contribution in [0, 0.1) is 0 Å². The molecule has 5 rings (SSSR count). The predicted molar refractivity (Wildman–Crippen MR) is 119 cm³/mol. The van der Waals surface area contributed by atoms with E-state index in [1.165, 1.54) is 24.8 Å². The molecule has 2 aromatic rings. The number of anilines is 1. The number of rotatable bonds is 4. The maximum absolute atomic E-state index is 14.0. The van der Waals surface area contributed by atoms with Crippen LogP contribution >= 0.6 is 0 Å². The van der Waals surface area contributed by atoms with Crippen molar-refractivity contribution in [1.29, 1.82) is 0 Å². The number of hydrogen-bond donors (Lipinski definition) is 1. The summed E-state index contributed by atoms with van der Waals surface area (Å²) in [6.45, 7) is 0.672. The van der Waals surface area contributed by atoms with Crippen LogP contribution in [0.1, 0.15) is 43.2 Å². The highest BCUT2D eigenvalue weighted by Crippen LogP contribution is 2.56. The normalized spacial score (nSPS) is 28.6. The minimum atomic E-state index is -1.09. The lowest BCUT2D eigenvalue weighted by atomic mass is 9.70. The number of carbonyl (C=O) groups is 1. The minimum absolute atomic E-state index is 0.0722. The first-order valence-corrected chi connectivity index (χ1v) is 11.1. The van der Waals surface area contributed by atoms with E-state index in [1.807, 2.05) is 30.1 Å². The molecule has 5 heteroatoms. The van der Waals surface area contributed by atoms with Gasteiger partial charge in [0.1, 0.15) is 5.75 Å². The number of fused-ring (bicyclic) bond motifs is 3. The number of methoxy groups -OCH3 is 1. The highest BCUT2D eigenvalue weighted by atomic mass is 16.5. The second-order valence-corrected chi connectivity index (χ2v) is 9.18. The smallest absolute Gasteiger partial charge is 0.264 e. The molecular formula is C25H31N3O2. The van der Waals surface area contributed by atoms with Crippen LogP contribution in [0.5, 0.6) is 5.75 Å². The summed E-state index contributed by atoms with van der Waals surface area (Å²) in [5.74, 6) is 0.860. The third kappa shape index (κ3) is 2.54. The Morgan fingerprint density at radius 1 is 1.10 bits per heavy atom. The average Bonchev–Trinajstić information content (AvgIpc) is 3.12. The van der Waals surface area contributed by atoms with Crippen LogP contribution in [-0.4, -0.2) is 43.2 Å². The summed E-state index contributed by atoms with van der Waals surface area (Å²) in [6.07, 6.45) is 6.57.